The van der Waals surface area contributed by atoms with Crippen molar-refractivity contribution in [3.8, 4) is 0 Å². The number of carboxylic acid groups (broad SMARTS) is 1. The van der Waals surface area contributed by atoms with Gasteiger partial charge in [-0.2, -0.15) is 0 Å². The molecule has 0 aromatic carbocycles. The summed E-state index contributed by atoms with van der Waals surface area (Å²) in [6.07, 6.45) is 3.43. The molecular formula is C19H36N4O6SSe. The van der Waals surface area contributed by atoms with Gasteiger partial charge >= 0.3 is 195 Å². The molecule has 6 N–H and O–H groups in total. The average molecular weight is 528 g/mol. The minimum absolute atomic E-state index is 0.233. The summed E-state index contributed by atoms with van der Waals surface area (Å²) in [7, 11) is 0. The van der Waals surface area contributed by atoms with Crippen molar-refractivity contribution in [1.82, 2.24) is 15.0 Å². The van der Waals surface area contributed by atoms with E-state index in [1.54, 1.807) is 32.5 Å². The number of amides is 2. The van der Waals surface area contributed by atoms with Crippen LogP contribution in [0.5, 0.6) is 0 Å². The number of hydrogen-bond acceptors (Lipinski definition) is 8. The second-order valence-electron chi connectivity index (χ2n) is 7.92. The first kappa shape index (κ1) is 29.7. The first-order valence-electron chi connectivity index (χ1n) is 10.1. The number of aliphatic carboxylic acids is 1. The summed E-state index contributed by atoms with van der Waals surface area (Å²) in [4.78, 5) is 48.4. The SMILES string of the molecule is CSCC[C@H](N[Se]C(=O)[C@H](CCCCN)NC(=O)OC(C)(C)C)C(=O)N[C@@H](C)C(=O)O. The van der Waals surface area contributed by atoms with Crippen LogP contribution in [0.25, 0.3) is 0 Å². The quantitative estimate of drug-likeness (QED) is 0.151. The molecule has 0 aliphatic carbocycles. The van der Waals surface area contributed by atoms with Crippen LogP contribution in [0.15, 0.2) is 0 Å². The van der Waals surface area contributed by atoms with Gasteiger partial charge in [0.15, 0.2) is 0 Å². The van der Waals surface area contributed by atoms with Crippen LogP contribution in [0.3, 0.4) is 0 Å². The van der Waals surface area contributed by atoms with E-state index in [0.29, 0.717) is 38.0 Å². The summed E-state index contributed by atoms with van der Waals surface area (Å²) in [5.74, 6) is -0.953. The van der Waals surface area contributed by atoms with E-state index in [-0.39, 0.29) is 4.68 Å². The molecule has 0 radical (unpaired) electrons. The van der Waals surface area contributed by atoms with E-state index in [9.17, 15) is 19.2 Å². The van der Waals surface area contributed by atoms with Crippen molar-refractivity contribution in [2.45, 2.75) is 77.1 Å². The molecule has 0 spiro atoms. The van der Waals surface area contributed by atoms with E-state index in [4.69, 9.17) is 15.6 Å². The van der Waals surface area contributed by atoms with Gasteiger partial charge in [0.25, 0.3) is 0 Å². The molecule has 0 heterocycles. The molecule has 12 heteroatoms. The van der Waals surface area contributed by atoms with Gasteiger partial charge in [-0.05, 0) is 0 Å². The summed E-state index contributed by atoms with van der Waals surface area (Å²) in [5, 5.41) is 14.0. The van der Waals surface area contributed by atoms with E-state index in [1.165, 1.54) is 6.92 Å². The maximum atomic E-state index is 12.8. The first-order chi connectivity index (χ1) is 14.4. The molecule has 0 fully saturated rings. The van der Waals surface area contributed by atoms with Crippen LogP contribution in [0.1, 0.15) is 53.4 Å². The Morgan fingerprint density at radius 2 is 1.74 bits per heavy atom. The van der Waals surface area contributed by atoms with Crippen molar-refractivity contribution in [1.29, 1.82) is 0 Å². The molecule has 10 nitrogen and oxygen atoms in total. The van der Waals surface area contributed by atoms with E-state index in [2.05, 4.69) is 15.0 Å². The number of unbranched alkanes of at least 4 members (excludes halogenated alkanes) is 1. The average Bonchev–Trinajstić information content (AvgIpc) is 2.65. The van der Waals surface area contributed by atoms with E-state index >= 15 is 0 Å². The maximum absolute atomic E-state index is 12.8. The first-order valence-corrected chi connectivity index (χ1v) is 13.2. The molecule has 0 aliphatic rings. The molecule has 3 atom stereocenters. The number of hydrogen-bond donors (Lipinski definition) is 5. The fourth-order valence-corrected chi connectivity index (χ4v) is 4.40. The normalized spacial score (nSPS) is 14.3. The van der Waals surface area contributed by atoms with Crippen LogP contribution in [-0.2, 0) is 19.1 Å². The van der Waals surface area contributed by atoms with Crippen LogP contribution < -0.4 is 20.7 Å². The third kappa shape index (κ3) is 14.4. The molecular weight excluding hydrogens is 491 g/mol. The van der Waals surface area contributed by atoms with Crippen molar-refractivity contribution in [3.63, 3.8) is 0 Å². The fraction of sp³-hybridized carbons (Fsp3) is 0.789. The van der Waals surface area contributed by atoms with Crippen LogP contribution in [-0.4, -0.2) is 85.2 Å². The van der Waals surface area contributed by atoms with Crippen molar-refractivity contribution in [3.05, 3.63) is 0 Å². The molecule has 0 unspecified atom stereocenters. The molecule has 0 saturated heterocycles. The monoisotopic (exact) mass is 528 g/mol. The summed E-state index contributed by atoms with van der Waals surface area (Å²) >= 11 is 0.730. The zero-order valence-corrected chi connectivity index (χ0v) is 21.4. The summed E-state index contributed by atoms with van der Waals surface area (Å²) in [6, 6.07) is -2.49. The molecule has 180 valence electrons. The number of carboxylic acids is 1. The Morgan fingerprint density at radius 1 is 1.10 bits per heavy atom. The molecule has 0 bridgehead atoms. The van der Waals surface area contributed by atoms with Crippen LogP contribution in [0.2, 0.25) is 0 Å². The van der Waals surface area contributed by atoms with Crippen LogP contribution in [0.4, 0.5) is 4.79 Å². The Balaban J connectivity index is 5.07. The van der Waals surface area contributed by atoms with Gasteiger partial charge < -0.3 is 0 Å². The number of nitrogens with two attached hydrogens (primary N) is 1. The molecule has 0 aromatic heterocycles. The van der Waals surface area contributed by atoms with Crippen molar-refractivity contribution >= 4 is 49.6 Å². The third-order valence-electron chi connectivity index (χ3n) is 3.88. The second-order valence-corrected chi connectivity index (χ2v) is 10.7. The summed E-state index contributed by atoms with van der Waals surface area (Å²) in [6.45, 7) is 7.05. The second kappa shape index (κ2) is 15.5. The summed E-state index contributed by atoms with van der Waals surface area (Å²) < 4.78 is 7.98. The third-order valence-corrected chi connectivity index (χ3v) is 6.39. The van der Waals surface area contributed by atoms with Crippen molar-refractivity contribution in [2.24, 2.45) is 5.73 Å². The number of ether oxygens (including phenoxy) is 1. The number of alkyl carbamates (subject to hydrolysis) is 1. The van der Waals surface area contributed by atoms with Crippen molar-refractivity contribution < 1.29 is 29.0 Å². The van der Waals surface area contributed by atoms with E-state index < -0.39 is 56.9 Å². The van der Waals surface area contributed by atoms with Crippen LogP contribution in [0, 0.1) is 0 Å². The zero-order valence-electron chi connectivity index (χ0n) is 18.9. The van der Waals surface area contributed by atoms with Gasteiger partial charge in [0.2, 0.25) is 0 Å². The van der Waals surface area contributed by atoms with E-state index in [1.807, 2.05) is 6.26 Å². The van der Waals surface area contributed by atoms with Gasteiger partial charge in [0, 0.05) is 0 Å². The Hall–Kier alpha value is -1.33. The Kier molecular flexibility index (Phi) is 14.8. The van der Waals surface area contributed by atoms with Gasteiger partial charge in [-0.25, -0.2) is 0 Å². The molecule has 0 aromatic rings. The Morgan fingerprint density at radius 3 is 2.26 bits per heavy atom. The van der Waals surface area contributed by atoms with E-state index in [0.717, 1.165) is 0 Å². The van der Waals surface area contributed by atoms with Crippen molar-refractivity contribution in [2.75, 3.05) is 18.6 Å². The number of carbonyl (C=O) groups excluding carboxylic acids is 3. The molecule has 0 aliphatic heterocycles. The van der Waals surface area contributed by atoms with Crippen LogP contribution >= 0.6 is 11.8 Å². The van der Waals surface area contributed by atoms with Gasteiger partial charge in [-0.1, -0.05) is 0 Å². The fourth-order valence-electron chi connectivity index (χ4n) is 2.25. The predicted molar refractivity (Wildman–Crippen MR) is 122 cm³/mol. The molecule has 31 heavy (non-hydrogen) atoms. The standard InChI is InChI=1S/C19H36N4O6SSe/c1-12(16(25)26)21-15(24)13(9-11-30-5)23-31-17(27)14(8-6-7-10-20)22-18(28)29-19(2,3)4/h12-14,23H,6-11,20H2,1-5H3,(H,21,24)(H,22,28)(H,25,26)/t12-,13-,14-/m0/s1. The molecule has 0 saturated carbocycles. The van der Waals surface area contributed by atoms with Gasteiger partial charge in [-0.3, -0.25) is 0 Å². The topological polar surface area (TPSA) is 160 Å². The van der Waals surface area contributed by atoms with Gasteiger partial charge in [0.1, 0.15) is 0 Å². The number of nitrogens with one attached hydrogen (secondary N) is 3. The minimum atomic E-state index is -1.14. The Bertz CT molecular complexity index is 602. The number of carbonyl (C=O) groups is 4. The summed E-state index contributed by atoms with van der Waals surface area (Å²) in [5.41, 5.74) is 4.83. The predicted octanol–water partition coefficient (Wildman–Crippen LogP) is 0.455. The number of thioether (sulfide) groups is 1. The molecule has 0 rings (SSSR count). The number of rotatable bonds is 15. The van der Waals surface area contributed by atoms with Gasteiger partial charge in [0.05, 0.1) is 0 Å². The Labute approximate surface area is 194 Å². The van der Waals surface area contributed by atoms with Gasteiger partial charge in [-0.15, -0.1) is 0 Å². The zero-order chi connectivity index (χ0) is 24.0. The molecule has 2 amide bonds.